The van der Waals surface area contributed by atoms with Crippen molar-refractivity contribution >= 4 is 11.6 Å². The van der Waals surface area contributed by atoms with Crippen LogP contribution in [-0.4, -0.2) is 17.7 Å². The highest BCUT2D eigenvalue weighted by atomic mass is 16.5. The topological polar surface area (TPSA) is 90.4 Å². The van der Waals surface area contributed by atoms with Crippen LogP contribution in [0.1, 0.15) is 23.0 Å². The molecule has 0 fully saturated rings. The zero-order valence-electron chi connectivity index (χ0n) is 10.6. The third kappa shape index (κ3) is 3.04. The molecule has 0 unspecified atom stereocenters. The van der Waals surface area contributed by atoms with E-state index in [0.29, 0.717) is 29.3 Å². The number of benzene rings is 1. The highest BCUT2D eigenvalue weighted by molar-refractivity contribution is 6.01. The molecule has 2 rings (SSSR count). The van der Waals surface area contributed by atoms with Crippen LogP contribution in [0.5, 0.6) is 5.75 Å². The molecule has 0 atom stereocenters. The Balaban J connectivity index is 2.13. The number of carbonyl (C=O) groups excluding carboxylic acids is 1. The van der Waals surface area contributed by atoms with Crippen LogP contribution in [0, 0.1) is 0 Å². The minimum Gasteiger partial charge on any atom is -0.493 e. The molecule has 1 aromatic carbocycles. The summed E-state index contributed by atoms with van der Waals surface area (Å²) < 4.78 is 10.1. The van der Waals surface area contributed by atoms with Gasteiger partial charge in [0.25, 0.3) is 5.91 Å². The lowest BCUT2D eigenvalue weighted by molar-refractivity contribution is 0.0947. The summed E-state index contributed by atoms with van der Waals surface area (Å²) in [7, 11) is 0. The number of ether oxygens (including phenoxy) is 1. The van der Waals surface area contributed by atoms with E-state index in [0.717, 1.165) is 0 Å². The van der Waals surface area contributed by atoms with Gasteiger partial charge in [-0.25, -0.2) is 0 Å². The van der Waals surface area contributed by atoms with E-state index in [1.165, 1.54) is 6.26 Å². The summed E-state index contributed by atoms with van der Waals surface area (Å²) in [4.78, 5) is 12.1. The third-order valence-corrected chi connectivity index (χ3v) is 2.51. The molecular weight excluding hydrogens is 246 g/mol. The maximum atomic E-state index is 12.1. The molecule has 3 N–H and O–H groups in total. The normalized spacial score (nSPS) is 10.2. The van der Waals surface area contributed by atoms with E-state index in [4.69, 9.17) is 10.5 Å². The number of nitrogens with zero attached hydrogens (tertiary/aromatic N) is 1. The Bertz CT molecular complexity index is 552. The molecule has 0 saturated carbocycles. The Morgan fingerprint density at radius 2 is 2.32 bits per heavy atom. The molecule has 19 heavy (non-hydrogen) atoms. The van der Waals surface area contributed by atoms with Crippen LogP contribution >= 0.6 is 0 Å². The molecule has 0 radical (unpaired) electrons. The monoisotopic (exact) mass is 261 g/mol. The smallest absolute Gasteiger partial charge is 0.257 e. The number of amides is 1. The fourth-order valence-electron chi connectivity index (χ4n) is 1.65. The van der Waals surface area contributed by atoms with Crippen LogP contribution in [0.3, 0.4) is 0 Å². The summed E-state index contributed by atoms with van der Waals surface area (Å²) >= 11 is 0. The van der Waals surface area contributed by atoms with Crippen molar-refractivity contribution in [3.8, 4) is 5.75 Å². The van der Waals surface area contributed by atoms with Crippen molar-refractivity contribution in [1.29, 1.82) is 0 Å². The molecule has 0 aliphatic carbocycles. The van der Waals surface area contributed by atoms with Crippen molar-refractivity contribution < 1.29 is 14.1 Å². The minimum absolute atomic E-state index is 0.273. The van der Waals surface area contributed by atoms with Crippen LogP contribution in [-0.2, 0) is 6.54 Å². The first-order valence-corrected chi connectivity index (χ1v) is 5.91. The van der Waals surface area contributed by atoms with E-state index < -0.39 is 0 Å². The second-order valence-corrected chi connectivity index (χ2v) is 3.83. The van der Waals surface area contributed by atoms with E-state index >= 15 is 0 Å². The first-order valence-electron chi connectivity index (χ1n) is 5.91. The van der Waals surface area contributed by atoms with Crippen LogP contribution < -0.4 is 15.8 Å². The molecule has 1 aromatic heterocycles. The van der Waals surface area contributed by atoms with Crippen molar-refractivity contribution in [1.82, 2.24) is 10.5 Å². The number of anilines is 1. The lowest BCUT2D eigenvalue weighted by Gasteiger charge is -2.12. The molecule has 6 heteroatoms. The highest BCUT2D eigenvalue weighted by Crippen LogP contribution is 2.24. The second kappa shape index (κ2) is 5.90. The number of aromatic nitrogens is 1. The predicted molar refractivity (Wildman–Crippen MR) is 69.7 cm³/mol. The number of hydrogen-bond donors (Lipinski definition) is 2. The largest absolute Gasteiger partial charge is 0.493 e. The Morgan fingerprint density at radius 1 is 1.47 bits per heavy atom. The first kappa shape index (κ1) is 12.9. The summed E-state index contributed by atoms with van der Waals surface area (Å²) in [5, 5.41) is 6.43. The highest BCUT2D eigenvalue weighted by Gasteiger charge is 2.16. The van der Waals surface area contributed by atoms with Crippen molar-refractivity contribution in [2.75, 3.05) is 12.3 Å². The van der Waals surface area contributed by atoms with E-state index in [2.05, 4.69) is 15.0 Å². The Kier molecular flexibility index (Phi) is 4.02. The van der Waals surface area contributed by atoms with Crippen molar-refractivity contribution in [2.24, 2.45) is 0 Å². The van der Waals surface area contributed by atoms with E-state index in [1.807, 2.05) is 6.92 Å². The average molecular weight is 261 g/mol. The van der Waals surface area contributed by atoms with E-state index in [9.17, 15) is 4.79 Å². The van der Waals surface area contributed by atoms with Gasteiger partial charge in [-0.1, -0.05) is 11.2 Å². The number of nitrogen functional groups attached to an aromatic ring is 1. The van der Waals surface area contributed by atoms with Gasteiger partial charge >= 0.3 is 0 Å². The number of hydrogen-bond acceptors (Lipinski definition) is 5. The van der Waals surface area contributed by atoms with Crippen molar-refractivity contribution in [3.63, 3.8) is 0 Å². The SMILES string of the molecule is CCOc1cccc(N)c1C(=O)NCc1ccon1. The van der Waals surface area contributed by atoms with Gasteiger partial charge in [-0.2, -0.15) is 0 Å². The minimum atomic E-state index is -0.301. The Morgan fingerprint density at radius 3 is 3.00 bits per heavy atom. The van der Waals surface area contributed by atoms with Gasteiger partial charge in [-0.05, 0) is 19.1 Å². The molecule has 0 aliphatic heterocycles. The van der Waals surface area contributed by atoms with Crippen molar-refractivity contribution in [3.05, 3.63) is 41.8 Å². The summed E-state index contributed by atoms with van der Waals surface area (Å²) in [6.45, 7) is 2.59. The molecule has 0 aliphatic rings. The van der Waals surface area contributed by atoms with Gasteiger partial charge in [-0.3, -0.25) is 4.79 Å². The number of rotatable bonds is 5. The molecule has 1 amide bonds. The molecule has 6 nitrogen and oxygen atoms in total. The lowest BCUT2D eigenvalue weighted by Crippen LogP contribution is -2.24. The molecule has 0 saturated heterocycles. The predicted octanol–water partition coefficient (Wildman–Crippen LogP) is 1.59. The maximum Gasteiger partial charge on any atom is 0.257 e. The molecule has 0 spiro atoms. The molecule has 1 heterocycles. The fraction of sp³-hybridized carbons (Fsp3) is 0.231. The average Bonchev–Trinajstić information content (AvgIpc) is 2.90. The second-order valence-electron chi connectivity index (χ2n) is 3.83. The van der Waals surface area contributed by atoms with Gasteiger partial charge in [0.15, 0.2) is 0 Å². The fourth-order valence-corrected chi connectivity index (χ4v) is 1.65. The summed E-state index contributed by atoms with van der Waals surface area (Å²) in [6, 6.07) is 6.80. The van der Waals surface area contributed by atoms with E-state index in [1.54, 1.807) is 24.3 Å². The van der Waals surface area contributed by atoms with Gasteiger partial charge in [0.1, 0.15) is 23.3 Å². The summed E-state index contributed by atoms with van der Waals surface area (Å²) in [5.74, 6) is 0.171. The molecule has 0 bridgehead atoms. The summed E-state index contributed by atoms with van der Waals surface area (Å²) in [6.07, 6.45) is 1.45. The molecule has 100 valence electrons. The van der Waals surface area contributed by atoms with Crippen molar-refractivity contribution in [2.45, 2.75) is 13.5 Å². The lowest BCUT2D eigenvalue weighted by atomic mass is 10.1. The maximum absolute atomic E-state index is 12.1. The van der Waals surface area contributed by atoms with Gasteiger partial charge in [0, 0.05) is 11.8 Å². The Hall–Kier alpha value is -2.50. The summed E-state index contributed by atoms with van der Waals surface area (Å²) in [5.41, 5.74) is 7.19. The molecule has 2 aromatic rings. The van der Waals surface area contributed by atoms with Gasteiger partial charge in [-0.15, -0.1) is 0 Å². The van der Waals surface area contributed by atoms with Crippen LogP contribution in [0.25, 0.3) is 0 Å². The van der Waals surface area contributed by atoms with Gasteiger partial charge in [0.05, 0.1) is 13.2 Å². The van der Waals surface area contributed by atoms with E-state index in [-0.39, 0.29) is 12.5 Å². The zero-order valence-corrected chi connectivity index (χ0v) is 10.6. The number of nitrogens with one attached hydrogen (secondary N) is 1. The van der Waals surface area contributed by atoms with Crippen LogP contribution in [0.4, 0.5) is 5.69 Å². The van der Waals surface area contributed by atoms with Gasteiger partial charge in [0.2, 0.25) is 0 Å². The third-order valence-electron chi connectivity index (χ3n) is 2.51. The van der Waals surface area contributed by atoms with Crippen LogP contribution in [0.2, 0.25) is 0 Å². The van der Waals surface area contributed by atoms with Gasteiger partial charge < -0.3 is 20.3 Å². The number of carbonyl (C=O) groups is 1. The zero-order chi connectivity index (χ0) is 13.7. The van der Waals surface area contributed by atoms with Crippen LogP contribution in [0.15, 0.2) is 35.1 Å². The standard InChI is InChI=1S/C13H15N3O3/c1-2-18-11-5-3-4-10(14)12(11)13(17)15-8-9-6-7-19-16-9/h3-7H,2,8,14H2,1H3,(H,15,17). The first-order chi connectivity index (χ1) is 9.22. The molecular formula is C13H15N3O3. The number of nitrogens with two attached hydrogens (primary N) is 1. The quantitative estimate of drug-likeness (QED) is 0.797. The Labute approximate surface area is 110 Å².